The van der Waals surface area contributed by atoms with Gasteiger partial charge in [0, 0.05) is 12.2 Å². The first-order chi connectivity index (χ1) is 17.4. The van der Waals surface area contributed by atoms with Crippen molar-refractivity contribution >= 4 is 28.6 Å². The van der Waals surface area contributed by atoms with Gasteiger partial charge in [-0.3, -0.25) is 9.98 Å². The van der Waals surface area contributed by atoms with Crippen molar-refractivity contribution in [2.45, 2.75) is 27.2 Å². The van der Waals surface area contributed by atoms with Gasteiger partial charge in [-0.15, -0.1) is 0 Å². The molecule has 6 nitrogen and oxygen atoms in total. The fourth-order valence-corrected chi connectivity index (χ4v) is 3.95. The molecule has 0 fully saturated rings. The number of nitrogens with one attached hydrogen (secondary N) is 1. The van der Waals surface area contributed by atoms with Gasteiger partial charge in [0.25, 0.3) is 0 Å². The molecule has 0 bridgehead atoms. The number of aryl methyl sites for hydroxylation is 2. The second-order valence-corrected chi connectivity index (χ2v) is 8.86. The molecule has 4 rings (SSSR count). The van der Waals surface area contributed by atoms with E-state index in [9.17, 15) is 0 Å². The molecule has 0 saturated heterocycles. The van der Waals surface area contributed by atoms with Crippen LogP contribution in [0, 0.1) is 13.8 Å². The van der Waals surface area contributed by atoms with Gasteiger partial charge >= 0.3 is 0 Å². The monoisotopic (exact) mass is 476 g/mol. The Labute approximate surface area is 213 Å². The van der Waals surface area contributed by atoms with Crippen LogP contribution in [0.4, 0.5) is 11.5 Å². The molecule has 0 aliphatic carbocycles. The smallest absolute Gasteiger partial charge is 0.179 e. The fraction of sp³-hybridized carbons (Fsp3) is 0.200. The molecule has 0 atom stereocenters. The van der Waals surface area contributed by atoms with Crippen LogP contribution < -0.4 is 11.1 Å². The number of anilines is 2. The maximum absolute atomic E-state index is 6.34. The minimum absolute atomic E-state index is 0.338. The van der Waals surface area contributed by atoms with E-state index in [0.717, 1.165) is 34.5 Å². The first-order valence-corrected chi connectivity index (χ1v) is 12.0. The van der Waals surface area contributed by atoms with Crippen LogP contribution in [-0.4, -0.2) is 34.5 Å². The number of hydrogen-bond acceptors (Lipinski definition) is 6. The molecule has 0 spiro atoms. The van der Waals surface area contributed by atoms with Gasteiger partial charge in [0.05, 0.1) is 24.1 Å². The molecule has 1 aromatic heterocycles. The van der Waals surface area contributed by atoms with Gasteiger partial charge in [-0.1, -0.05) is 60.7 Å². The number of nitrogens with two attached hydrogens (primary N) is 1. The highest BCUT2D eigenvalue weighted by Gasteiger charge is 2.12. The van der Waals surface area contributed by atoms with E-state index in [-0.39, 0.29) is 0 Å². The number of rotatable bonds is 9. The van der Waals surface area contributed by atoms with E-state index >= 15 is 0 Å². The lowest BCUT2D eigenvalue weighted by atomic mass is 10.1. The molecule has 1 aliphatic heterocycles. The predicted molar refractivity (Wildman–Crippen MR) is 152 cm³/mol. The van der Waals surface area contributed by atoms with Crippen molar-refractivity contribution in [1.29, 1.82) is 0 Å². The third-order valence-electron chi connectivity index (χ3n) is 6.02. The van der Waals surface area contributed by atoms with Gasteiger partial charge in [-0.2, -0.15) is 0 Å². The number of allylic oxidation sites excluding steroid dienone is 3. The summed E-state index contributed by atoms with van der Waals surface area (Å²) in [6, 6.07) is 16.5. The number of nitrogens with zero attached hydrogens (tertiary/aromatic N) is 4. The van der Waals surface area contributed by atoms with Crippen LogP contribution in [0.3, 0.4) is 0 Å². The molecule has 3 aromatic rings. The van der Waals surface area contributed by atoms with Crippen LogP contribution in [0.25, 0.3) is 5.70 Å². The Balaban J connectivity index is 1.59. The van der Waals surface area contributed by atoms with E-state index < -0.39 is 0 Å². The van der Waals surface area contributed by atoms with Crippen molar-refractivity contribution in [1.82, 2.24) is 9.97 Å². The average Bonchev–Trinajstić information content (AvgIpc) is 3.41. The average molecular weight is 477 g/mol. The van der Waals surface area contributed by atoms with Crippen LogP contribution >= 0.6 is 0 Å². The van der Waals surface area contributed by atoms with Gasteiger partial charge in [0.15, 0.2) is 11.6 Å². The predicted octanol–water partition coefficient (Wildman–Crippen LogP) is 5.75. The lowest BCUT2D eigenvalue weighted by molar-refractivity contribution is 0.954. The highest BCUT2D eigenvalue weighted by molar-refractivity contribution is 6.16. The molecule has 3 N–H and O–H groups in total. The molecular weight excluding hydrogens is 444 g/mol. The Hall–Kier alpha value is -4.32. The zero-order valence-electron chi connectivity index (χ0n) is 21.1. The summed E-state index contributed by atoms with van der Waals surface area (Å²) in [5, 5.41) is 3.25. The number of hydrogen-bond donors (Lipinski definition) is 2. The Bertz CT molecular complexity index is 1390. The maximum Gasteiger partial charge on any atom is 0.179 e. The topological polar surface area (TPSA) is 88.5 Å². The van der Waals surface area contributed by atoms with E-state index in [0.29, 0.717) is 36.1 Å². The lowest BCUT2D eigenvalue weighted by Gasteiger charge is -2.13. The molecule has 36 heavy (non-hydrogen) atoms. The summed E-state index contributed by atoms with van der Waals surface area (Å²) in [7, 11) is 0. The molecule has 2 aromatic carbocycles. The van der Waals surface area contributed by atoms with E-state index in [1.165, 1.54) is 11.1 Å². The second kappa shape index (κ2) is 11.4. The van der Waals surface area contributed by atoms with Crippen molar-refractivity contribution in [2.75, 3.05) is 24.1 Å². The van der Waals surface area contributed by atoms with Crippen LogP contribution in [0.5, 0.6) is 0 Å². The summed E-state index contributed by atoms with van der Waals surface area (Å²) in [4.78, 5) is 18.6. The number of aromatic nitrogens is 2. The van der Waals surface area contributed by atoms with E-state index in [1.54, 1.807) is 6.20 Å². The summed E-state index contributed by atoms with van der Waals surface area (Å²) in [5.74, 6) is 0.815. The normalized spacial score (nSPS) is 13.6. The first-order valence-electron chi connectivity index (χ1n) is 12.0. The van der Waals surface area contributed by atoms with Gasteiger partial charge in [-0.25, -0.2) is 9.97 Å². The van der Waals surface area contributed by atoms with Crippen LogP contribution in [0.1, 0.15) is 35.0 Å². The van der Waals surface area contributed by atoms with Crippen molar-refractivity contribution in [3.8, 4) is 0 Å². The third-order valence-corrected chi connectivity index (χ3v) is 6.02. The molecule has 2 heterocycles. The quantitative estimate of drug-likeness (QED) is 0.385. The summed E-state index contributed by atoms with van der Waals surface area (Å²) < 4.78 is 0. The largest absolute Gasteiger partial charge is 0.382 e. The number of benzene rings is 2. The minimum atomic E-state index is 0.338. The molecule has 0 saturated carbocycles. The standard InChI is InChI=1S/C30H32N6/c1-20-9-7-12-25(17-20)23(4)35-28-19-34-30(36-29(28)31)27(18-22(3)26-13-8-15-32-26)33-16-14-24-11-6-5-10-21(24)2/h5-13,17-19,35H,4,14-16H2,1-3H3,(H2,31,34,36)/b22-18+,33-27+. The van der Waals surface area contributed by atoms with Crippen molar-refractivity contribution < 1.29 is 0 Å². The molecule has 0 amide bonds. The SMILES string of the molecule is C=C(Nc1cnc(C(/C=C(\C)C2=NCC=C2)=N/CCc2ccccc2C)nc1N)c1cccc(C)c1. The molecule has 1 aliphatic rings. The minimum Gasteiger partial charge on any atom is -0.382 e. The number of nitrogen functional groups attached to an aromatic ring is 1. The molecule has 6 heteroatoms. The Morgan fingerprint density at radius 2 is 2.00 bits per heavy atom. The Kier molecular flexibility index (Phi) is 7.85. The van der Waals surface area contributed by atoms with E-state index in [4.69, 9.17) is 10.7 Å². The fourth-order valence-electron chi connectivity index (χ4n) is 3.95. The third kappa shape index (κ3) is 6.21. The summed E-state index contributed by atoms with van der Waals surface area (Å²) in [6.45, 7) is 11.7. The maximum atomic E-state index is 6.34. The van der Waals surface area contributed by atoms with Crippen molar-refractivity contribution in [3.05, 3.63) is 113 Å². The van der Waals surface area contributed by atoms with Gasteiger partial charge < -0.3 is 11.1 Å². The summed E-state index contributed by atoms with van der Waals surface area (Å²) in [5.41, 5.74) is 15.0. The van der Waals surface area contributed by atoms with Crippen molar-refractivity contribution in [3.63, 3.8) is 0 Å². The number of aliphatic imine (C=N–C) groups is 2. The van der Waals surface area contributed by atoms with Crippen molar-refractivity contribution in [2.24, 2.45) is 9.98 Å². The van der Waals surface area contributed by atoms with Gasteiger partial charge in [0.2, 0.25) is 0 Å². The van der Waals surface area contributed by atoms with Gasteiger partial charge in [-0.05, 0) is 67.7 Å². The zero-order chi connectivity index (χ0) is 25.5. The second-order valence-electron chi connectivity index (χ2n) is 8.86. The zero-order valence-corrected chi connectivity index (χ0v) is 21.1. The van der Waals surface area contributed by atoms with Crippen LogP contribution in [-0.2, 0) is 6.42 Å². The van der Waals surface area contributed by atoms with E-state index in [2.05, 4.69) is 64.1 Å². The Morgan fingerprint density at radius 3 is 2.72 bits per heavy atom. The molecule has 0 unspecified atom stereocenters. The first kappa shape index (κ1) is 24.8. The van der Waals surface area contributed by atoms with Crippen LogP contribution in [0.2, 0.25) is 0 Å². The van der Waals surface area contributed by atoms with E-state index in [1.807, 2.05) is 50.3 Å². The molecule has 0 radical (unpaired) electrons. The van der Waals surface area contributed by atoms with Crippen LogP contribution in [0.15, 0.2) is 95.1 Å². The molecular formula is C30H32N6. The highest BCUT2D eigenvalue weighted by atomic mass is 15.0. The summed E-state index contributed by atoms with van der Waals surface area (Å²) in [6.07, 6.45) is 8.56. The lowest BCUT2D eigenvalue weighted by Crippen LogP contribution is -2.12. The molecule has 182 valence electrons. The Morgan fingerprint density at radius 1 is 1.17 bits per heavy atom. The van der Waals surface area contributed by atoms with Gasteiger partial charge in [0.1, 0.15) is 5.71 Å². The summed E-state index contributed by atoms with van der Waals surface area (Å²) >= 11 is 0. The highest BCUT2D eigenvalue weighted by Crippen LogP contribution is 2.22.